The van der Waals surface area contributed by atoms with Gasteiger partial charge in [-0.15, -0.1) is 0 Å². The number of aliphatic hydroxyl groups is 2. The summed E-state index contributed by atoms with van der Waals surface area (Å²) in [6.07, 6.45) is -0.0215. The van der Waals surface area contributed by atoms with E-state index in [0.29, 0.717) is 19.6 Å². The molecule has 2 unspecified atom stereocenters. The monoisotopic (exact) mass is 178 g/mol. The lowest BCUT2D eigenvalue weighted by molar-refractivity contribution is -0.0419. The molecule has 0 spiro atoms. The first kappa shape index (κ1) is 11.8. The van der Waals surface area contributed by atoms with Crippen LogP contribution in [0.15, 0.2) is 0 Å². The van der Waals surface area contributed by atoms with E-state index in [1.807, 2.05) is 6.92 Å². The van der Waals surface area contributed by atoms with Crippen LogP contribution in [-0.4, -0.2) is 49.4 Å². The van der Waals surface area contributed by atoms with Crippen molar-refractivity contribution in [3.63, 3.8) is 0 Å². The number of rotatable bonds is 7. The summed E-state index contributed by atoms with van der Waals surface area (Å²) in [6, 6.07) is 0. The SMILES string of the molecule is CCC(O)COCC(CO)OC. The van der Waals surface area contributed by atoms with Gasteiger partial charge in [0, 0.05) is 7.11 Å². The maximum Gasteiger partial charge on any atom is 0.103 e. The zero-order chi connectivity index (χ0) is 9.40. The molecule has 0 heterocycles. The Balaban J connectivity index is 3.28. The summed E-state index contributed by atoms with van der Waals surface area (Å²) in [5, 5.41) is 17.8. The molecule has 4 nitrogen and oxygen atoms in total. The van der Waals surface area contributed by atoms with Crippen molar-refractivity contribution in [2.75, 3.05) is 26.9 Å². The molecule has 4 heteroatoms. The first-order valence-corrected chi connectivity index (χ1v) is 4.14. The molecule has 0 aromatic rings. The standard InChI is InChI=1S/C8H18O4/c1-3-7(10)5-12-6-8(4-9)11-2/h7-10H,3-6H2,1-2H3. The van der Waals surface area contributed by atoms with Gasteiger partial charge in [-0.2, -0.15) is 0 Å². The molecule has 0 amide bonds. The fraction of sp³-hybridized carbons (Fsp3) is 1.00. The topological polar surface area (TPSA) is 58.9 Å². The van der Waals surface area contributed by atoms with Crippen LogP contribution in [0.3, 0.4) is 0 Å². The Morgan fingerprint density at radius 1 is 1.33 bits per heavy atom. The van der Waals surface area contributed by atoms with E-state index in [1.165, 1.54) is 7.11 Å². The first-order valence-electron chi connectivity index (χ1n) is 4.14. The zero-order valence-corrected chi connectivity index (χ0v) is 7.69. The third-order valence-electron chi connectivity index (χ3n) is 1.62. The van der Waals surface area contributed by atoms with Crippen LogP contribution in [0.1, 0.15) is 13.3 Å². The van der Waals surface area contributed by atoms with Crippen molar-refractivity contribution in [1.29, 1.82) is 0 Å². The number of ether oxygens (including phenoxy) is 2. The summed E-state index contributed by atoms with van der Waals surface area (Å²) >= 11 is 0. The second-order valence-corrected chi connectivity index (χ2v) is 2.64. The highest BCUT2D eigenvalue weighted by molar-refractivity contribution is 4.54. The van der Waals surface area contributed by atoms with Crippen LogP contribution in [0.5, 0.6) is 0 Å². The average Bonchev–Trinajstić information content (AvgIpc) is 2.12. The molecule has 0 saturated heterocycles. The third-order valence-corrected chi connectivity index (χ3v) is 1.62. The van der Waals surface area contributed by atoms with Crippen molar-refractivity contribution in [3.05, 3.63) is 0 Å². The molecule has 74 valence electrons. The fourth-order valence-electron chi connectivity index (χ4n) is 0.649. The second kappa shape index (κ2) is 7.49. The minimum absolute atomic E-state index is 0.0568. The van der Waals surface area contributed by atoms with E-state index in [1.54, 1.807) is 0 Å². The summed E-state index contributed by atoms with van der Waals surface area (Å²) in [4.78, 5) is 0. The van der Waals surface area contributed by atoms with Crippen LogP contribution in [-0.2, 0) is 9.47 Å². The van der Waals surface area contributed by atoms with Crippen molar-refractivity contribution in [1.82, 2.24) is 0 Å². The second-order valence-electron chi connectivity index (χ2n) is 2.64. The van der Waals surface area contributed by atoms with E-state index in [2.05, 4.69) is 0 Å². The highest BCUT2D eigenvalue weighted by Crippen LogP contribution is 1.94. The van der Waals surface area contributed by atoms with E-state index < -0.39 is 6.10 Å². The predicted molar refractivity (Wildman–Crippen MR) is 45.0 cm³/mol. The van der Waals surface area contributed by atoms with Gasteiger partial charge in [0.1, 0.15) is 6.10 Å². The summed E-state index contributed by atoms with van der Waals surface area (Å²) in [6.45, 7) is 2.45. The Kier molecular flexibility index (Phi) is 7.39. The molecular weight excluding hydrogens is 160 g/mol. The Morgan fingerprint density at radius 3 is 2.42 bits per heavy atom. The van der Waals surface area contributed by atoms with Crippen molar-refractivity contribution < 1.29 is 19.7 Å². The normalized spacial score (nSPS) is 16.0. The highest BCUT2D eigenvalue weighted by Gasteiger charge is 2.06. The molecule has 0 aromatic carbocycles. The van der Waals surface area contributed by atoms with Gasteiger partial charge in [-0.25, -0.2) is 0 Å². The lowest BCUT2D eigenvalue weighted by Gasteiger charge is -2.14. The van der Waals surface area contributed by atoms with Gasteiger partial charge in [-0.1, -0.05) is 6.92 Å². The molecule has 2 N–H and O–H groups in total. The van der Waals surface area contributed by atoms with Gasteiger partial charge in [0.2, 0.25) is 0 Å². The molecule has 0 rings (SSSR count). The van der Waals surface area contributed by atoms with E-state index in [4.69, 9.17) is 19.7 Å². The molecule has 0 saturated carbocycles. The maximum atomic E-state index is 9.09. The lowest BCUT2D eigenvalue weighted by atomic mass is 10.3. The number of methoxy groups -OCH3 is 1. The minimum atomic E-state index is -0.416. The van der Waals surface area contributed by atoms with Gasteiger partial charge in [0.25, 0.3) is 0 Å². The number of hydrogen-bond acceptors (Lipinski definition) is 4. The van der Waals surface area contributed by atoms with Crippen LogP contribution in [0.4, 0.5) is 0 Å². The Morgan fingerprint density at radius 2 is 2.00 bits per heavy atom. The summed E-state index contributed by atoms with van der Waals surface area (Å²) in [5.41, 5.74) is 0. The van der Waals surface area contributed by atoms with Crippen molar-refractivity contribution >= 4 is 0 Å². The van der Waals surface area contributed by atoms with Crippen LogP contribution in [0.2, 0.25) is 0 Å². The van der Waals surface area contributed by atoms with Gasteiger partial charge >= 0.3 is 0 Å². The lowest BCUT2D eigenvalue weighted by Crippen LogP contribution is -2.25. The highest BCUT2D eigenvalue weighted by atomic mass is 16.5. The third kappa shape index (κ3) is 5.49. The van der Waals surface area contributed by atoms with E-state index >= 15 is 0 Å². The molecule has 0 bridgehead atoms. The fourth-order valence-corrected chi connectivity index (χ4v) is 0.649. The van der Waals surface area contributed by atoms with E-state index in [9.17, 15) is 0 Å². The smallest absolute Gasteiger partial charge is 0.103 e. The van der Waals surface area contributed by atoms with Gasteiger partial charge in [-0.3, -0.25) is 0 Å². The van der Waals surface area contributed by atoms with E-state index in [0.717, 1.165) is 0 Å². The summed E-state index contributed by atoms with van der Waals surface area (Å²) < 4.78 is 9.95. The molecule has 2 atom stereocenters. The number of hydrogen-bond donors (Lipinski definition) is 2. The number of aliphatic hydroxyl groups excluding tert-OH is 2. The van der Waals surface area contributed by atoms with Gasteiger partial charge in [0.15, 0.2) is 0 Å². The first-order chi connectivity index (χ1) is 5.74. The van der Waals surface area contributed by atoms with Crippen LogP contribution in [0.25, 0.3) is 0 Å². The van der Waals surface area contributed by atoms with Crippen LogP contribution < -0.4 is 0 Å². The molecule has 0 aliphatic rings. The van der Waals surface area contributed by atoms with Crippen molar-refractivity contribution in [2.45, 2.75) is 25.6 Å². The maximum absolute atomic E-state index is 9.09. The molecule has 0 radical (unpaired) electrons. The predicted octanol–water partition coefficient (Wildman–Crippen LogP) is -0.219. The molecule has 0 aliphatic carbocycles. The van der Waals surface area contributed by atoms with Gasteiger partial charge < -0.3 is 19.7 Å². The molecule has 12 heavy (non-hydrogen) atoms. The van der Waals surface area contributed by atoms with Gasteiger partial charge in [-0.05, 0) is 6.42 Å². The zero-order valence-electron chi connectivity index (χ0n) is 7.69. The summed E-state index contributed by atoms with van der Waals surface area (Å²) in [7, 11) is 1.51. The van der Waals surface area contributed by atoms with Gasteiger partial charge in [0.05, 0.1) is 25.9 Å². The average molecular weight is 178 g/mol. The molecule has 0 fully saturated rings. The Bertz CT molecular complexity index is 93.1. The Labute approximate surface area is 73.1 Å². The molecule has 0 aliphatic heterocycles. The minimum Gasteiger partial charge on any atom is -0.394 e. The van der Waals surface area contributed by atoms with Crippen LogP contribution in [0, 0.1) is 0 Å². The summed E-state index contributed by atoms with van der Waals surface area (Å²) in [5.74, 6) is 0. The molecule has 0 aromatic heterocycles. The van der Waals surface area contributed by atoms with E-state index in [-0.39, 0.29) is 12.7 Å². The van der Waals surface area contributed by atoms with Crippen molar-refractivity contribution in [3.8, 4) is 0 Å². The Hall–Kier alpha value is -0.160. The van der Waals surface area contributed by atoms with Crippen LogP contribution >= 0.6 is 0 Å². The van der Waals surface area contributed by atoms with Crippen molar-refractivity contribution in [2.24, 2.45) is 0 Å². The quantitative estimate of drug-likeness (QED) is 0.566. The largest absolute Gasteiger partial charge is 0.394 e. The molecular formula is C8H18O4.